The summed E-state index contributed by atoms with van der Waals surface area (Å²) in [6.07, 6.45) is -6.34. The zero-order valence-corrected chi connectivity index (χ0v) is 22.7. The average molecular weight is 661 g/mol. The Balaban J connectivity index is 2.52. The molecule has 0 spiro atoms. The highest BCUT2D eigenvalue weighted by Gasteiger charge is 2.53. The lowest BCUT2D eigenvalue weighted by Gasteiger charge is -2.44. The number of esters is 4. The van der Waals surface area contributed by atoms with E-state index >= 15 is 0 Å². The molecule has 1 heterocycles. The molecule has 1 saturated heterocycles. The second-order valence-corrected chi connectivity index (χ2v) is 9.51. The Morgan fingerprint density at radius 2 is 1.27 bits per heavy atom. The maximum Gasteiger partial charge on any atom is 0.303 e. The molecule has 1 aromatic carbocycles. The molecule has 0 saturated carbocycles. The minimum absolute atomic E-state index is 0.291. The van der Waals surface area contributed by atoms with Gasteiger partial charge in [0.05, 0.1) is 8.95 Å². The highest BCUT2D eigenvalue weighted by molar-refractivity contribution is 9.11. The predicted octanol–water partition coefficient (Wildman–Crippen LogP) is 3.44. The smallest absolute Gasteiger partial charge is 0.303 e. The van der Waals surface area contributed by atoms with Crippen molar-refractivity contribution in [3.8, 4) is 5.75 Å². The molecule has 1 aliphatic rings. The van der Waals surface area contributed by atoms with Crippen LogP contribution in [0.25, 0.3) is 0 Å². The average Bonchev–Trinajstić information content (AvgIpc) is 2.66. The van der Waals surface area contributed by atoms with Gasteiger partial charge in [0.2, 0.25) is 12.4 Å². The van der Waals surface area contributed by atoms with Crippen molar-refractivity contribution in [3.63, 3.8) is 0 Å². The van der Waals surface area contributed by atoms with E-state index in [1.807, 2.05) is 0 Å². The molecular formula is C20H21Br3O10. The van der Waals surface area contributed by atoms with Gasteiger partial charge >= 0.3 is 23.9 Å². The lowest BCUT2D eigenvalue weighted by Crippen LogP contribution is -2.63. The lowest BCUT2D eigenvalue weighted by molar-refractivity contribution is -0.288. The predicted molar refractivity (Wildman–Crippen MR) is 122 cm³/mol. The van der Waals surface area contributed by atoms with Crippen molar-refractivity contribution in [1.82, 2.24) is 0 Å². The van der Waals surface area contributed by atoms with Crippen LogP contribution in [-0.4, -0.2) is 61.2 Å². The van der Waals surface area contributed by atoms with E-state index < -0.39 is 54.6 Å². The Morgan fingerprint density at radius 1 is 0.788 bits per heavy atom. The first kappa shape index (κ1) is 27.5. The second-order valence-electron chi connectivity index (χ2n) is 6.88. The summed E-state index contributed by atoms with van der Waals surface area (Å²) in [4.78, 5) is 46.9. The van der Waals surface area contributed by atoms with Crippen LogP contribution < -0.4 is 4.74 Å². The van der Waals surface area contributed by atoms with Gasteiger partial charge in [0.25, 0.3) is 0 Å². The summed E-state index contributed by atoms with van der Waals surface area (Å²) in [6.45, 7) is 4.29. The molecule has 2 rings (SSSR count). The third-order valence-corrected chi connectivity index (χ3v) is 5.78. The molecule has 0 aliphatic carbocycles. The van der Waals surface area contributed by atoms with Gasteiger partial charge in [0.1, 0.15) is 12.7 Å². The van der Waals surface area contributed by atoms with Gasteiger partial charge in [-0.15, -0.1) is 0 Å². The third-order valence-electron chi connectivity index (χ3n) is 4.15. The quantitative estimate of drug-likeness (QED) is 0.317. The van der Waals surface area contributed by atoms with Gasteiger partial charge in [0.15, 0.2) is 18.0 Å². The van der Waals surface area contributed by atoms with Gasteiger partial charge in [-0.25, -0.2) is 0 Å². The topological polar surface area (TPSA) is 124 Å². The summed E-state index contributed by atoms with van der Waals surface area (Å²) in [6, 6.07) is 3.43. The second kappa shape index (κ2) is 12.1. The summed E-state index contributed by atoms with van der Waals surface area (Å²) in [5.74, 6) is -2.48. The Hall–Kier alpha value is -1.70. The number of rotatable bonds is 7. The Bertz CT molecular complexity index is 898. The SMILES string of the molecule is CC(=O)OC[C@H]1O[C@@H](Oc2c(Br)cc(Br)cc2Br)[C@@H](OC(C)=O)[C@@H](OC(C)=O)[C@@H]1OC(C)=O. The van der Waals surface area contributed by atoms with Crippen molar-refractivity contribution in [1.29, 1.82) is 0 Å². The van der Waals surface area contributed by atoms with E-state index in [0.29, 0.717) is 14.7 Å². The highest BCUT2D eigenvalue weighted by atomic mass is 79.9. The van der Waals surface area contributed by atoms with Gasteiger partial charge < -0.3 is 28.4 Å². The van der Waals surface area contributed by atoms with Crippen molar-refractivity contribution in [3.05, 3.63) is 25.6 Å². The van der Waals surface area contributed by atoms with Crippen LogP contribution in [0.2, 0.25) is 0 Å². The van der Waals surface area contributed by atoms with Crippen LogP contribution in [0.1, 0.15) is 27.7 Å². The summed E-state index contributed by atoms with van der Waals surface area (Å²) in [7, 11) is 0. The molecule has 33 heavy (non-hydrogen) atoms. The molecular weight excluding hydrogens is 640 g/mol. The number of hydrogen-bond donors (Lipinski definition) is 0. The van der Waals surface area contributed by atoms with Crippen molar-refractivity contribution in [2.45, 2.75) is 58.4 Å². The molecule has 13 heteroatoms. The molecule has 1 fully saturated rings. The summed E-state index contributed by atoms with van der Waals surface area (Å²) >= 11 is 10.1. The van der Waals surface area contributed by atoms with E-state index in [9.17, 15) is 19.2 Å². The van der Waals surface area contributed by atoms with Gasteiger partial charge in [-0.05, 0) is 44.0 Å². The summed E-state index contributed by atoms with van der Waals surface area (Å²) in [5.41, 5.74) is 0. The molecule has 0 amide bonds. The molecule has 182 valence electrons. The number of ether oxygens (including phenoxy) is 6. The van der Waals surface area contributed by atoms with Gasteiger partial charge in [-0.3, -0.25) is 19.2 Å². The summed E-state index contributed by atoms with van der Waals surface area (Å²) < 4.78 is 34.8. The van der Waals surface area contributed by atoms with Crippen molar-refractivity contribution >= 4 is 71.7 Å². The van der Waals surface area contributed by atoms with Crippen molar-refractivity contribution < 1.29 is 47.6 Å². The maximum absolute atomic E-state index is 11.9. The lowest BCUT2D eigenvalue weighted by atomic mass is 9.98. The van der Waals surface area contributed by atoms with Gasteiger partial charge in [-0.1, -0.05) is 15.9 Å². The number of carbonyl (C=O) groups is 4. The van der Waals surface area contributed by atoms with Crippen LogP contribution in [0.5, 0.6) is 5.75 Å². The van der Waals surface area contributed by atoms with Gasteiger partial charge in [-0.2, -0.15) is 0 Å². The minimum Gasteiger partial charge on any atom is -0.463 e. The molecule has 1 aromatic rings. The molecule has 10 nitrogen and oxygen atoms in total. The molecule has 1 aliphatic heterocycles. The number of hydrogen-bond acceptors (Lipinski definition) is 10. The zero-order valence-electron chi connectivity index (χ0n) is 18.0. The molecule has 0 bridgehead atoms. The molecule has 0 unspecified atom stereocenters. The van der Waals surface area contributed by atoms with Crippen LogP contribution in [0.15, 0.2) is 25.6 Å². The minimum atomic E-state index is -1.33. The number of carbonyl (C=O) groups excluding carboxylic acids is 4. The highest BCUT2D eigenvalue weighted by Crippen LogP contribution is 2.39. The molecule has 0 radical (unpaired) electrons. The monoisotopic (exact) mass is 658 g/mol. The van der Waals surface area contributed by atoms with E-state index in [-0.39, 0.29) is 6.61 Å². The Labute approximate surface area is 214 Å². The van der Waals surface area contributed by atoms with Crippen LogP contribution in [0, 0.1) is 0 Å². The fourth-order valence-corrected chi connectivity index (χ4v) is 5.49. The standard InChI is InChI=1S/C20H21Br3O10/c1-8(24)28-7-15-17(29-9(2)25)18(30-10(3)26)19(31-11(4)27)20(32-15)33-16-13(22)5-12(21)6-14(16)23/h5-6,15,17-20H,7H2,1-4H3/t15-,17-,18+,19+,20+/m1/s1. The van der Waals surface area contributed by atoms with Gasteiger partial charge in [0, 0.05) is 32.2 Å². The van der Waals surface area contributed by atoms with E-state index in [2.05, 4.69) is 47.8 Å². The van der Waals surface area contributed by atoms with E-state index in [4.69, 9.17) is 28.4 Å². The van der Waals surface area contributed by atoms with Crippen molar-refractivity contribution in [2.24, 2.45) is 0 Å². The molecule has 5 atom stereocenters. The first-order valence-electron chi connectivity index (χ1n) is 9.50. The van der Waals surface area contributed by atoms with E-state index in [1.165, 1.54) is 6.92 Å². The number of benzene rings is 1. The number of halogens is 3. The van der Waals surface area contributed by atoms with Crippen LogP contribution >= 0.6 is 47.8 Å². The third kappa shape index (κ3) is 7.94. The normalized spacial score (nSPS) is 24.4. The van der Waals surface area contributed by atoms with Crippen LogP contribution in [0.4, 0.5) is 0 Å². The first-order valence-corrected chi connectivity index (χ1v) is 11.9. The van der Waals surface area contributed by atoms with E-state index in [1.54, 1.807) is 12.1 Å². The zero-order chi connectivity index (χ0) is 24.9. The first-order chi connectivity index (χ1) is 15.4. The van der Waals surface area contributed by atoms with E-state index in [0.717, 1.165) is 25.2 Å². The fraction of sp³-hybridized carbons (Fsp3) is 0.500. The Morgan fingerprint density at radius 3 is 1.76 bits per heavy atom. The maximum atomic E-state index is 11.9. The summed E-state index contributed by atoms with van der Waals surface area (Å²) in [5, 5.41) is 0. The fourth-order valence-electron chi connectivity index (χ4n) is 3.04. The van der Waals surface area contributed by atoms with Crippen molar-refractivity contribution in [2.75, 3.05) is 6.61 Å². The van der Waals surface area contributed by atoms with Crippen LogP contribution in [-0.2, 0) is 42.9 Å². The van der Waals surface area contributed by atoms with Crippen LogP contribution in [0.3, 0.4) is 0 Å². The largest absolute Gasteiger partial charge is 0.463 e. The molecule has 0 aromatic heterocycles. The molecule has 0 N–H and O–H groups in total. The Kier molecular flexibility index (Phi) is 10.1.